The van der Waals surface area contributed by atoms with Gasteiger partial charge in [-0.05, 0) is 41.5 Å². The molecule has 3 rings (SSSR count). The second-order valence-electron chi connectivity index (χ2n) is 7.92. The number of amides is 1. The topological polar surface area (TPSA) is 67.6 Å². The Hall–Kier alpha value is -1.96. The lowest BCUT2D eigenvalue weighted by Gasteiger charge is -2.60. The number of rotatable bonds is 2. The number of alkyl halides is 3. The van der Waals surface area contributed by atoms with Crippen molar-refractivity contribution in [1.82, 2.24) is 4.90 Å². The van der Waals surface area contributed by atoms with Crippen molar-refractivity contribution >= 4 is 17.3 Å². The van der Waals surface area contributed by atoms with E-state index in [4.69, 9.17) is 10.6 Å². The molecule has 1 aromatic rings. The Morgan fingerprint density at radius 1 is 1.35 bits per heavy atom. The predicted octanol–water partition coefficient (Wildman–Crippen LogP) is 3.25. The molecule has 0 spiro atoms. The lowest BCUT2D eigenvalue weighted by molar-refractivity contribution is -0.195. The maximum absolute atomic E-state index is 13.1. The van der Waals surface area contributed by atoms with Gasteiger partial charge in [0.05, 0.1) is 18.5 Å². The van der Waals surface area contributed by atoms with E-state index in [2.05, 4.69) is 12.4 Å². The summed E-state index contributed by atoms with van der Waals surface area (Å²) in [7, 11) is 1.49. The Morgan fingerprint density at radius 3 is 2.58 bits per heavy atom. The van der Waals surface area contributed by atoms with Crippen LogP contribution in [0.5, 0.6) is 0 Å². The zero-order valence-corrected chi connectivity index (χ0v) is 15.3. The first-order chi connectivity index (χ1) is 11.9. The van der Waals surface area contributed by atoms with Gasteiger partial charge in [0.25, 0.3) is 0 Å². The van der Waals surface area contributed by atoms with Crippen LogP contribution in [-0.4, -0.2) is 36.7 Å². The standard InChI is InChI=1S/C18H24F3N3O2/c1-16(2)14-8-10-7-12(22)13(23-26-4)9-11(10)17(16,3)5-6-24(14)15(25)18(19,20)21/h7,9,14,23H,5-6,8,22H2,1-4H3. The quantitative estimate of drug-likeness (QED) is 0.619. The average Bonchev–Trinajstić information content (AvgIpc) is 2.51. The highest BCUT2D eigenvalue weighted by atomic mass is 19.4. The fraction of sp³-hybridized carbons (Fsp3) is 0.611. The molecule has 0 radical (unpaired) electrons. The van der Waals surface area contributed by atoms with Crippen LogP contribution in [0.2, 0.25) is 0 Å². The lowest BCUT2D eigenvalue weighted by Crippen LogP contribution is -2.66. The van der Waals surface area contributed by atoms with Gasteiger partial charge in [0.1, 0.15) is 0 Å². The van der Waals surface area contributed by atoms with Crippen LogP contribution < -0.4 is 11.2 Å². The Balaban J connectivity index is 2.11. The normalized spacial score (nSPS) is 27.0. The molecule has 144 valence electrons. The van der Waals surface area contributed by atoms with Crippen molar-refractivity contribution in [3.63, 3.8) is 0 Å². The molecule has 1 aliphatic carbocycles. The molecule has 1 saturated heterocycles. The van der Waals surface area contributed by atoms with Crippen molar-refractivity contribution in [2.24, 2.45) is 5.41 Å². The second-order valence-corrected chi connectivity index (χ2v) is 7.92. The Morgan fingerprint density at radius 2 is 2.00 bits per heavy atom. The number of hydrogen-bond donors (Lipinski definition) is 2. The number of benzene rings is 1. The minimum Gasteiger partial charge on any atom is -0.397 e. The van der Waals surface area contributed by atoms with Crippen molar-refractivity contribution in [1.29, 1.82) is 0 Å². The van der Waals surface area contributed by atoms with E-state index in [1.165, 1.54) is 7.11 Å². The number of nitrogens with one attached hydrogen (secondary N) is 1. The van der Waals surface area contributed by atoms with Gasteiger partial charge >= 0.3 is 12.1 Å². The Bertz CT molecular complexity index is 748. The summed E-state index contributed by atoms with van der Waals surface area (Å²) in [6.07, 6.45) is -4.08. The molecular formula is C18H24F3N3O2. The largest absolute Gasteiger partial charge is 0.471 e. The van der Waals surface area contributed by atoms with Gasteiger partial charge in [-0.15, -0.1) is 0 Å². The summed E-state index contributed by atoms with van der Waals surface area (Å²) in [6, 6.07) is 3.16. The number of likely N-dealkylation sites (tertiary alicyclic amines) is 1. The summed E-state index contributed by atoms with van der Waals surface area (Å²) in [5.41, 5.74) is 10.9. The highest BCUT2D eigenvalue weighted by Gasteiger charge is 2.59. The van der Waals surface area contributed by atoms with E-state index in [9.17, 15) is 18.0 Å². The minimum absolute atomic E-state index is 0.0831. The van der Waals surface area contributed by atoms with E-state index in [0.717, 1.165) is 16.0 Å². The van der Waals surface area contributed by atoms with E-state index in [0.29, 0.717) is 24.2 Å². The van der Waals surface area contributed by atoms with E-state index in [-0.39, 0.29) is 12.0 Å². The van der Waals surface area contributed by atoms with Gasteiger partial charge in [-0.25, -0.2) is 0 Å². The summed E-state index contributed by atoms with van der Waals surface area (Å²) in [4.78, 5) is 17.9. The Labute approximate surface area is 150 Å². The first-order valence-corrected chi connectivity index (χ1v) is 8.53. The number of nitrogen functional groups attached to an aromatic ring is 1. The van der Waals surface area contributed by atoms with Crippen LogP contribution in [0.25, 0.3) is 0 Å². The number of nitrogens with zero attached hydrogens (tertiary/aromatic N) is 1. The fourth-order valence-corrected chi connectivity index (χ4v) is 4.59. The number of fused-ring (bicyclic) bond motifs is 4. The van der Waals surface area contributed by atoms with E-state index in [1.807, 2.05) is 19.9 Å². The molecule has 8 heteroatoms. The third-order valence-corrected chi connectivity index (χ3v) is 6.48. The number of carbonyl (C=O) groups excluding carboxylic acids is 1. The number of halogens is 3. The van der Waals surface area contributed by atoms with Crippen LogP contribution in [0.3, 0.4) is 0 Å². The molecule has 5 nitrogen and oxygen atoms in total. The smallest absolute Gasteiger partial charge is 0.397 e. The summed E-state index contributed by atoms with van der Waals surface area (Å²) in [5.74, 6) is -1.76. The van der Waals surface area contributed by atoms with Gasteiger partial charge < -0.3 is 10.6 Å². The molecule has 1 aromatic carbocycles. The summed E-state index contributed by atoms with van der Waals surface area (Å²) in [6.45, 7) is 6.02. The second kappa shape index (κ2) is 5.77. The molecule has 1 heterocycles. The van der Waals surface area contributed by atoms with E-state index in [1.54, 1.807) is 6.07 Å². The van der Waals surface area contributed by atoms with Crippen LogP contribution in [0.1, 0.15) is 38.3 Å². The van der Waals surface area contributed by atoms with Crippen molar-refractivity contribution in [3.05, 3.63) is 23.3 Å². The summed E-state index contributed by atoms with van der Waals surface area (Å²) in [5, 5.41) is 0. The fourth-order valence-electron chi connectivity index (χ4n) is 4.59. The van der Waals surface area contributed by atoms with E-state index >= 15 is 0 Å². The molecular weight excluding hydrogens is 347 g/mol. The molecule has 1 aliphatic heterocycles. The van der Waals surface area contributed by atoms with Crippen molar-refractivity contribution in [3.8, 4) is 0 Å². The van der Waals surface area contributed by atoms with Gasteiger partial charge in [0.2, 0.25) is 0 Å². The van der Waals surface area contributed by atoms with Gasteiger partial charge in [0.15, 0.2) is 0 Å². The maximum Gasteiger partial charge on any atom is 0.471 e. The van der Waals surface area contributed by atoms with Crippen LogP contribution in [0, 0.1) is 5.41 Å². The molecule has 2 bridgehead atoms. The zero-order chi connectivity index (χ0) is 19.5. The number of carbonyl (C=O) groups is 1. The number of hydrogen-bond acceptors (Lipinski definition) is 4. The van der Waals surface area contributed by atoms with Crippen LogP contribution in [-0.2, 0) is 21.5 Å². The van der Waals surface area contributed by atoms with Gasteiger partial charge in [-0.2, -0.15) is 13.2 Å². The molecule has 3 N–H and O–H groups in total. The van der Waals surface area contributed by atoms with Gasteiger partial charge in [-0.3, -0.25) is 15.1 Å². The first-order valence-electron chi connectivity index (χ1n) is 8.53. The Kier molecular flexibility index (Phi) is 4.18. The molecule has 2 unspecified atom stereocenters. The van der Waals surface area contributed by atoms with Crippen molar-refractivity contribution < 1.29 is 22.8 Å². The predicted molar refractivity (Wildman–Crippen MR) is 92.5 cm³/mol. The van der Waals surface area contributed by atoms with Crippen LogP contribution in [0.4, 0.5) is 24.5 Å². The third-order valence-electron chi connectivity index (χ3n) is 6.48. The van der Waals surface area contributed by atoms with Crippen LogP contribution >= 0.6 is 0 Å². The number of nitrogens with two attached hydrogens (primary N) is 1. The zero-order valence-electron chi connectivity index (χ0n) is 15.3. The van der Waals surface area contributed by atoms with Gasteiger partial charge in [-0.1, -0.05) is 20.8 Å². The summed E-state index contributed by atoms with van der Waals surface area (Å²) < 4.78 is 39.2. The van der Waals surface area contributed by atoms with Crippen molar-refractivity contribution in [2.75, 3.05) is 24.9 Å². The van der Waals surface area contributed by atoms with Gasteiger partial charge in [0, 0.05) is 18.0 Å². The molecule has 1 amide bonds. The number of piperidine rings is 1. The van der Waals surface area contributed by atoms with E-state index < -0.39 is 23.5 Å². The molecule has 0 aromatic heterocycles. The minimum atomic E-state index is -4.87. The van der Waals surface area contributed by atoms with Crippen LogP contribution in [0.15, 0.2) is 12.1 Å². The molecule has 1 fully saturated rings. The first kappa shape index (κ1) is 18.8. The SMILES string of the molecule is CONc1cc2c(cc1N)CC1N(C(=O)C(F)(F)F)CCC2(C)C1(C)C. The average molecular weight is 371 g/mol. The number of anilines is 2. The molecule has 2 atom stereocenters. The van der Waals surface area contributed by atoms with Crippen molar-refractivity contribution in [2.45, 2.75) is 51.2 Å². The summed E-state index contributed by atoms with van der Waals surface area (Å²) >= 11 is 0. The molecule has 2 aliphatic rings. The lowest BCUT2D eigenvalue weighted by atomic mass is 9.51. The third kappa shape index (κ3) is 2.53. The monoisotopic (exact) mass is 371 g/mol. The maximum atomic E-state index is 13.1. The molecule has 0 saturated carbocycles. The molecule has 26 heavy (non-hydrogen) atoms. The highest BCUT2D eigenvalue weighted by Crippen LogP contribution is 2.57. The highest BCUT2D eigenvalue weighted by molar-refractivity contribution is 5.83.